The molecule has 14 heavy (non-hydrogen) atoms. The largest absolute Gasteiger partial charge is 0.122 e. The molecule has 0 amide bonds. The van der Waals surface area contributed by atoms with E-state index in [1.165, 1.54) is 5.56 Å². The molecule has 0 heterocycles. The lowest BCUT2D eigenvalue weighted by Gasteiger charge is -2.14. The third-order valence-electron chi connectivity index (χ3n) is 2.41. The molecular formula is C11H13BrCl2. The van der Waals surface area contributed by atoms with Crippen LogP contribution in [-0.2, 0) is 5.88 Å². The SMILES string of the molecule is CCC(C)c1cc(CCl)cc(Cl)c1Br. The van der Waals surface area contributed by atoms with Gasteiger partial charge in [0.1, 0.15) is 0 Å². The molecule has 0 radical (unpaired) electrons. The standard InChI is InChI=1S/C11H13BrCl2/c1-3-7(2)9-4-8(6-13)5-10(14)11(9)12/h4-5,7H,3,6H2,1-2H3. The highest BCUT2D eigenvalue weighted by molar-refractivity contribution is 9.10. The molecule has 3 heteroatoms. The van der Waals surface area contributed by atoms with Gasteiger partial charge in [-0.1, -0.05) is 31.5 Å². The molecule has 0 aliphatic rings. The molecule has 1 unspecified atom stereocenters. The Bertz CT molecular complexity index is 323. The van der Waals surface area contributed by atoms with E-state index in [0.29, 0.717) is 11.8 Å². The minimum Gasteiger partial charge on any atom is -0.122 e. The number of hydrogen-bond acceptors (Lipinski definition) is 0. The van der Waals surface area contributed by atoms with E-state index in [1.807, 2.05) is 6.07 Å². The Morgan fingerprint density at radius 3 is 2.57 bits per heavy atom. The molecule has 1 rings (SSSR count). The normalized spacial score (nSPS) is 12.9. The maximum absolute atomic E-state index is 6.09. The molecule has 0 aliphatic heterocycles. The van der Waals surface area contributed by atoms with Crippen LogP contribution in [-0.4, -0.2) is 0 Å². The van der Waals surface area contributed by atoms with Crippen molar-refractivity contribution < 1.29 is 0 Å². The zero-order valence-electron chi connectivity index (χ0n) is 8.28. The van der Waals surface area contributed by atoms with E-state index in [2.05, 4.69) is 35.8 Å². The van der Waals surface area contributed by atoms with Crippen molar-refractivity contribution in [2.24, 2.45) is 0 Å². The first-order valence-electron chi connectivity index (χ1n) is 4.63. The highest BCUT2D eigenvalue weighted by Crippen LogP contribution is 2.34. The molecular weight excluding hydrogens is 283 g/mol. The van der Waals surface area contributed by atoms with Crippen LogP contribution >= 0.6 is 39.1 Å². The van der Waals surface area contributed by atoms with Crippen molar-refractivity contribution >= 4 is 39.1 Å². The summed E-state index contributed by atoms with van der Waals surface area (Å²) in [5.41, 5.74) is 2.32. The molecule has 0 fully saturated rings. The van der Waals surface area contributed by atoms with Gasteiger partial charge in [0, 0.05) is 10.4 Å². The second-order valence-electron chi connectivity index (χ2n) is 3.42. The summed E-state index contributed by atoms with van der Waals surface area (Å²) in [5.74, 6) is 1.02. The molecule has 0 spiro atoms. The first-order valence-corrected chi connectivity index (χ1v) is 6.34. The van der Waals surface area contributed by atoms with Gasteiger partial charge in [0.05, 0.1) is 5.02 Å². The number of hydrogen-bond donors (Lipinski definition) is 0. The average molecular weight is 296 g/mol. The van der Waals surface area contributed by atoms with E-state index in [4.69, 9.17) is 23.2 Å². The van der Waals surface area contributed by atoms with Crippen LogP contribution in [0.5, 0.6) is 0 Å². The molecule has 1 aromatic carbocycles. The first-order chi connectivity index (χ1) is 6.60. The summed E-state index contributed by atoms with van der Waals surface area (Å²) in [6.45, 7) is 4.35. The predicted molar refractivity (Wildman–Crippen MR) is 67.4 cm³/mol. The van der Waals surface area contributed by atoms with E-state index in [1.54, 1.807) is 0 Å². The van der Waals surface area contributed by atoms with E-state index >= 15 is 0 Å². The molecule has 78 valence electrons. The number of alkyl halides is 1. The summed E-state index contributed by atoms with van der Waals surface area (Å²) >= 11 is 15.4. The fraction of sp³-hybridized carbons (Fsp3) is 0.455. The van der Waals surface area contributed by atoms with Crippen molar-refractivity contribution in [2.45, 2.75) is 32.1 Å². The molecule has 0 aliphatic carbocycles. The minimum absolute atomic E-state index is 0.505. The zero-order chi connectivity index (χ0) is 10.7. The van der Waals surface area contributed by atoms with Crippen LogP contribution in [0, 0.1) is 0 Å². The maximum atomic E-state index is 6.09. The van der Waals surface area contributed by atoms with E-state index in [-0.39, 0.29) is 0 Å². The van der Waals surface area contributed by atoms with E-state index in [9.17, 15) is 0 Å². The number of benzene rings is 1. The van der Waals surface area contributed by atoms with Crippen LogP contribution in [0.2, 0.25) is 5.02 Å². The van der Waals surface area contributed by atoms with Crippen molar-refractivity contribution in [3.05, 3.63) is 32.8 Å². The molecule has 1 atom stereocenters. The van der Waals surface area contributed by atoms with Gasteiger partial charge in [-0.05, 0) is 45.5 Å². The van der Waals surface area contributed by atoms with Crippen molar-refractivity contribution in [3.63, 3.8) is 0 Å². The lowest BCUT2D eigenvalue weighted by molar-refractivity contribution is 0.729. The summed E-state index contributed by atoms with van der Waals surface area (Å²) in [7, 11) is 0. The third-order valence-corrected chi connectivity index (χ3v) is 4.13. The second kappa shape index (κ2) is 5.39. The highest BCUT2D eigenvalue weighted by atomic mass is 79.9. The second-order valence-corrected chi connectivity index (χ2v) is 4.89. The van der Waals surface area contributed by atoms with Gasteiger partial charge < -0.3 is 0 Å². The zero-order valence-corrected chi connectivity index (χ0v) is 11.4. The third kappa shape index (κ3) is 2.65. The van der Waals surface area contributed by atoms with E-state index in [0.717, 1.165) is 21.5 Å². The molecule has 0 N–H and O–H groups in total. The summed E-state index contributed by atoms with van der Waals surface area (Å²) in [6, 6.07) is 4.03. The number of halogens is 3. The van der Waals surface area contributed by atoms with Gasteiger partial charge >= 0.3 is 0 Å². The Balaban J connectivity index is 3.20. The molecule has 0 bridgehead atoms. The Morgan fingerprint density at radius 1 is 1.43 bits per heavy atom. The summed E-state index contributed by atoms with van der Waals surface area (Å²) in [6.07, 6.45) is 1.10. The predicted octanol–water partition coefficient (Wildman–Crippen LogP) is 5.35. The van der Waals surface area contributed by atoms with Gasteiger partial charge in [-0.25, -0.2) is 0 Å². The van der Waals surface area contributed by atoms with Crippen molar-refractivity contribution in [2.75, 3.05) is 0 Å². The Kier molecular flexibility index (Phi) is 4.75. The summed E-state index contributed by atoms with van der Waals surface area (Å²) in [4.78, 5) is 0. The first kappa shape index (κ1) is 12.4. The Morgan fingerprint density at radius 2 is 2.07 bits per heavy atom. The fourth-order valence-electron chi connectivity index (χ4n) is 1.32. The van der Waals surface area contributed by atoms with Gasteiger partial charge in [-0.2, -0.15) is 0 Å². The van der Waals surface area contributed by atoms with Gasteiger partial charge in [0.2, 0.25) is 0 Å². The maximum Gasteiger partial charge on any atom is 0.0554 e. The molecule has 0 aromatic heterocycles. The van der Waals surface area contributed by atoms with E-state index < -0.39 is 0 Å². The van der Waals surface area contributed by atoms with Crippen LogP contribution in [0.4, 0.5) is 0 Å². The molecule has 0 saturated carbocycles. The average Bonchev–Trinajstić information content (AvgIpc) is 2.20. The Hall–Kier alpha value is 0.280. The summed E-state index contributed by atoms with van der Waals surface area (Å²) in [5, 5.41) is 0.749. The number of rotatable bonds is 3. The van der Waals surface area contributed by atoms with Gasteiger partial charge in [-0.3, -0.25) is 0 Å². The van der Waals surface area contributed by atoms with Crippen LogP contribution in [0.15, 0.2) is 16.6 Å². The highest BCUT2D eigenvalue weighted by Gasteiger charge is 2.11. The van der Waals surface area contributed by atoms with Crippen molar-refractivity contribution in [3.8, 4) is 0 Å². The van der Waals surface area contributed by atoms with Crippen LogP contribution < -0.4 is 0 Å². The van der Waals surface area contributed by atoms with Crippen LogP contribution in [0.3, 0.4) is 0 Å². The summed E-state index contributed by atoms with van der Waals surface area (Å²) < 4.78 is 1.00. The monoisotopic (exact) mass is 294 g/mol. The lowest BCUT2D eigenvalue weighted by atomic mass is 9.97. The molecule has 1 aromatic rings. The van der Waals surface area contributed by atoms with Crippen LogP contribution in [0.25, 0.3) is 0 Å². The van der Waals surface area contributed by atoms with Gasteiger partial charge in [-0.15, -0.1) is 11.6 Å². The van der Waals surface area contributed by atoms with Gasteiger partial charge in [0.25, 0.3) is 0 Å². The van der Waals surface area contributed by atoms with Crippen molar-refractivity contribution in [1.82, 2.24) is 0 Å². The quantitative estimate of drug-likeness (QED) is 0.659. The van der Waals surface area contributed by atoms with Crippen molar-refractivity contribution in [1.29, 1.82) is 0 Å². The fourth-order valence-corrected chi connectivity index (χ4v) is 2.35. The smallest absolute Gasteiger partial charge is 0.0554 e. The van der Waals surface area contributed by atoms with Crippen LogP contribution in [0.1, 0.15) is 37.3 Å². The lowest BCUT2D eigenvalue weighted by Crippen LogP contribution is -1.95. The minimum atomic E-state index is 0.505. The topological polar surface area (TPSA) is 0 Å². The van der Waals surface area contributed by atoms with Gasteiger partial charge in [0.15, 0.2) is 0 Å². The molecule has 0 saturated heterocycles. The Labute approximate surface area is 104 Å². The molecule has 0 nitrogen and oxygen atoms in total.